The Labute approximate surface area is 179 Å². The molecule has 1 N–H and O–H groups in total. The van der Waals surface area contributed by atoms with Crippen molar-refractivity contribution >= 4 is 22.6 Å². The summed E-state index contributed by atoms with van der Waals surface area (Å²) < 4.78 is 0. The van der Waals surface area contributed by atoms with Crippen molar-refractivity contribution in [2.24, 2.45) is 5.92 Å². The Morgan fingerprint density at radius 2 is 1.83 bits per heavy atom. The van der Waals surface area contributed by atoms with Gasteiger partial charge in [-0.05, 0) is 49.3 Å². The van der Waals surface area contributed by atoms with Crippen molar-refractivity contribution in [3.63, 3.8) is 0 Å². The van der Waals surface area contributed by atoms with E-state index in [2.05, 4.69) is 36.2 Å². The van der Waals surface area contributed by atoms with Gasteiger partial charge in [-0.25, -0.2) is 4.98 Å². The number of pyridine rings is 1. The first-order chi connectivity index (χ1) is 14.7. The van der Waals surface area contributed by atoms with E-state index in [1.165, 1.54) is 12.8 Å². The average molecular weight is 402 g/mol. The number of benzene rings is 2. The van der Waals surface area contributed by atoms with Crippen LogP contribution in [0.1, 0.15) is 61.5 Å². The lowest BCUT2D eigenvalue weighted by molar-refractivity contribution is 0.0937. The van der Waals surface area contributed by atoms with Crippen molar-refractivity contribution in [1.82, 2.24) is 10.3 Å². The Bertz CT molecular complexity index is 998. The zero-order valence-corrected chi connectivity index (χ0v) is 18.0. The van der Waals surface area contributed by atoms with Crippen LogP contribution in [0.15, 0.2) is 60.7 Å². The first-order valence-corrected chi connectivity index (χ1v) is 11.2. The third-order valence-electron chi connectivity index (χ3n) is 5.86. The molecule has 0 spiro atoms. The van der Waals surface area contributed by atoms with Crippen LogP contribution >= 0.6 is 0 Å². The van der Waals surface area contributed by atoms with Gasteiger partial charge in [0, 0.05) is 18.5 Å². The van der Waals surface area contributed by atoms with Gasteiger partial charge in [-0.15, -0.1) is 0 Å². The fourth-order valence-electron chi connectivity index (χ4n) is 4.04. The number of para-hydroxylation sites is 1. The molecule has 4 nitrogen and oxygen atoms in total. The molecule has 0 saturated heterocycles. The number of hydrogen-bond acceptors (Lipinski definition) is 3. The van der Waals surface area contributed by atoms with Crippen LogP contribution in [-0.2, 0) is 0 Å². The standard InChI is InChI=1S/C26H31N3O/c1-3-16-29(18-19-14-15-19)25-17-22(21-12-8-9-13-24(21)27-25)26(30)28-23(4-2)20-10-6-5-7-11-20/h5-13,17,19,23H,3-4,14-16,18H2,1-2H3,(H,28,30). The second kappa shape index (κ2) is 9.29. The maximum Gasteiger partial charge on any atom is 0.252 e. The maximum absolute atomic E-state index is 13.4. The molecule has 1 aliphatic rings. The summed E-state index contributed by atoms with van der Waals surface area (Å²) in [4.78, 5) is 20.7. The highest BCUT2D eigenvalue weighted by Crippen LogP contribution is 2.32. The Hall–Kier alpha value is -2.88. The second-order valence-electron chi connectivity index (χ2n) is 8.28. The fourth-order valence-corrected chi connectivity index (χ4v) is 4.04. The molecule has 30 heavy (non-hydrogen) atoms. The summed E-state index contributed by atoms with van der Waals surface area (Å²) in [5.41, 5.74) is 2.72. The highest BCUT2D eigenvalue weighted by Gasteiger charge is 2.26. The maximum atomic E-state index is 13.4. The molecule has 4 rings (SSSR count). The van der Waals surface area contributed by atoms with Crippen molar-refractivity contribution in [2.75, 3.05) is 18.0 Å². The van der Waals surface area contributed by atoms with E-state index in [-0.39, 0.29) is 11.9 Å². The highest BCUT2D eigenvalue weighted by molar-refractivity contribution is 6.07. The summed E-state index contributed by atoms with van der Waals surface area (Å²) in [5.74, 6) is 1.65. The van der Waals surface area contributed by atoms with E-state index < -0.39 is 0 Å². The largest absolute Gasteiger partial charge is 0.356 e. The summed E-state index contributed by atoms with van der Waals surface area (Å²) in [6.45, 7) is 6.29. The SMILES string of the molecule is CCCN(CC1CC1)c1cc(C(=O)NC(CC)c2ccccc2)c2ccccc2n1. The third-order valence-corrected chi connectivity index (χ3v) is 5.86. The molecule has 1 unspecified atom stereocenters. The average Bonchev–Trinajstić information content (AvgIpc) is 3.61. The zero-order chi connectivity index (χ0) is 20.9. The molecule has 1 aromatic heterocycles. The number of fused-ring (bicyclic) bond motifs is 1. The molecule has 1 fully saturated rings. The van der Waals surface area contributed by atoms with Crippen molar-refractivity contribution < 1.29 is 4.79 Å². The number of rotatable bonds is 9. The summed E-state index contributed by atoms with van der Waals surface area (Å²) >= 11 is 0. The molecule has 156 valence electrons. The molecule has 1 atom stereocenters. The summed E-state index contributed by atoms with van der Waals surface area (Å²) in [7, 11) is 0. The topological polar surface area (TPSA) is 45.2 Å². The van der Waals surface area contributed by atoms with E-state index in [4.69, 9.17) is 4.98 Å². The highest BCUT2D eigenvalue weighted by atomic mass is 16.1. The quantitative estimate of drug-likeness (QED) is 0.497. The molecule has 3 aromatic rings. The van der Waals surface area contributed by atoms with Crippen LogP contribution in [0.2, 0.25) is 0 Å². The number of nitrogens with zero attached hydrogens (tertiary/aromatic N) is 2. The number of carbonyl (C=O) groups excluding carboxylic acids is 1. The van der Waals surface area contributed by atoms with Crippen LogP contribution in [0.4, 0.5) is 5.82 Å². The van der Waals surface area contributed by atoms with Crippen molar-refractivity contribution in [2.45, 2.75) is 45.6 Å². The Balaban J connectivity index is 1.68. The van der Waals surface area contributed by atoms with Gasteiger partial charge < -0.3 is 10.2 Å². The van der Waals surface area contributed by atoms with Gasteiger partial charge in [-0.1, -0.05) is 62.4 Å². The predicted molar refractivity (Wildman–Crippen MR) is 124 cm³/mol. The molecule has 1 amide bonds. The smallest absolute Gasteiger partial charge is 0.252 e. The number of hydrogen-bond donors (Lipinski definition) is 1. The monoisotopic (exact) mass is 401 g/mol. The molecule has 1 aliphatic carbocycles. The molecule has 0 bridgehead atoms. The van der Waals surface area contributed by atoms with Gasteiger partial charge in [0.25, 0.3) is 5.91 Å². The molecule has 4 heteroatoms. The summed E-state index contributed by atoms with van der Waals surface area (Å²) in [6, 6.07) is 20.1. The lowest BCUT2D eigenvalue weighted by Crippen LogP contribution is -2.30. The van der Waals surface area contributed by atoms with Crippen LogP contribution in [0, 0.1) is 5.92 Å². The van der Waals surface area contributed by atoms with E-state index in [1.807, 2.05) is 48.5 Å². The van der Waals surface area contributed by atoms with Gasteiger partial charge in [0.2, 0.25) is 0 Å². The van der Waals surface area contributed by atoms with Crippen LogP contribution in [0.25, 0.3) is 10.9 Å². The van der Waals surface area contributed by atoms with Crippen molar-refractivity contribution in [3.8, 4) is 0 Å². The number of anilines is 1. The number of aromatic nitrogens is 1. The first kappa shape index (κ1) is 20.4. The molecular weight excluding hydrogens is 370 g/mol. The predicted octanol–water partition coefficient (Wildman–Crippen LogP) is 5.74. The summed E-state index contributed by atoms with van der Waals surface area (Å²) in [5, 5.41) is 4.16. The number of nitrogens with one attached hydrogen (secondary N) is 1. The van der Waals surface area contributed by atoms with E-state index in [1.54, 1.807) is 0 Å². The van der Waals surface area contributed by atoms with Gasteiger partial charge in [0.1, 0.15) is 5.82 Å². The zero-order valence-electron chi connectivity index (χ0n) is 18.0. The van der Waals surface area contributed by atoms with Crippen LogP contribution in [-0.4, -0.2) is 24.0 Å². The van der Waals surface area contributed by atoms with Crippen LogP contribution in [0.5, 0.6) is 0 Å². The molecule has 2 aromatic carbocycles. The number of carbonyl (C=O) groups is 1. The van der Waals surface area contributed by atoms with E-state index in [9.17, 15) is 4.79 Å². The van der Waals surface area contributed by atoms with Crippen LogP contribution < -0.4 is 10.2 Å². The van der Waals surface area contributed by atoms with Gasteiger partial charge in [0.05, 0.1) is 17.1 Å². The molecule has 0 aliphatic heterocycles. The van der Waals surface area contributed by atoms with Crippen molar-refractivity contribution in [3.05, 3.63) is 71.8 Å². The Morgan fingerprint density at radius 1 is 1.10 bits per heavy atom. The van der Waals surface area contributed by atoms with E-state index >= 15 is 0 Å². The minimum Gasteiger partial charge on any atom is -0.356 e. The summed E-state index contributed by atoms with van der Waals surface area (Å²) in [6.07, 6.45) is 4.51. The molecular formula is C26H31N3O. The lowest BCUT2D eigenvalue weighted by atomic mass is 10.0. The van der Waals surface area contributed by atoms with E-state index in [0.29, 0.717) is 5.56 Å². The minimum absolute atomic E-state index is 0.00714. The fraction of sp³-hybridized carbons (Fsp3) is 0.385. The van der Waals surface area contributed by atoms with Crippen molar-refractivity contribution in [1.29, 1.82) is 0 Å². The second-order valence-corrected chi connectivity index (χ2v) is 8.28. The molecule has 1 heterocycles. The van der Waals surface area contributed by atoms with Gasteiger partial charge in [-0.2, -0.15) is 0 Å². The lowest BCUT2D eigenvalue weighted by Gasteiger charge is -2.25. The van der Waals surface area contributed by atoms with Crippen LogP contribution in [0.3, 0.4) is 0 Å². The first-order valence-electron chi connectivity index (χ1n) is 11.2. The van der Waals surface area contributed by atoms with Gasteiger partial charge in [0.15, 0.2) is 0 Å². The third kappa shape index (κ3) is 4.64. The minimum atomic E-state index is -0.0339. The van der Waals surface area contributed by atoms with Gasteiger partial charge in [-0.3, -0.25) is 4.79 Å². The van der Waals surface area contributed by atoms with E-state index in [0.717, 1.165) is 54.1 Å². The van der Waals surface area contributed by atoms with Gasteiger partial charge >= 0.3 is 0 Å². The number of amides is 1. The Morgan fingerprint density at radius 3 is 2.53 bits per heavy atom. The molecule has 1 saturated carbocycles. The Kier molecular flexibility index (Phi) is 6.32. The normalized spacial score (nSPS) is 14.5. The molecule has 0 radical (unpaired) electrons.